The number of halogens is 2. The summed E-state index contributed by atoms with van der Waals surface area (Å²) in [4.78, 5) is 3.96. The lowest BCUT2D eigenvalue weighted by Crippen LogP contribution is -2.24. The minimum absolute atomic E-state index is 0.0238. The zero-order valence-corrected chi connectivity index (χ0v) is 10.5. The standard InChI is InChI=1S/C14H20F2N2/c15-14(16)6-3-12(10-14)9-13(17)2-1-11-4-7-18-8-5-11/h4-5,7-8,12-13H,1-3,6,9-10,17H2. The van der Waals surface area contributed by atoms with Crippen molar-refractivity contribution in [3.63, 3.8) is 0 Å². The van der Waals surface area contributed by atoms with Crippen LogP contribution in [0.5, 0.6) is 0 Å². The summed E-state index contributed by atoms with van der Waals surface area (Å²) in [7, 11) is 0. The molecule has 1 aromatic heterocycles. The maximum absolute atomic E-state index is 13.0. The molecule has 1 aromatic rings. The van der Waals surface area contributed by atoms with Crippen LogP contribution in [0.3, 0.4) is 0 Å². The van der Waals surface area contributed by atoms with E-state index in [1.165, 1.54) is 5.56 Å². The molecule has 18 heavy (non-hydrogen) atoms. The van der Waals surface area contributed by atoms with E-state index < -0.39 is 5.92 Å². The van der Waals surface area contributed by atoms with Crippen LogP contribution < -0.4 is 5.73 Å². The van der Waals surface area contributed by atoms with Crippen molar-refractivity contribution in [3.8, 4) is 0 Å². The molecule has 1 aliphatic rings. The van der Waals surface area contributed by atoms with Crippen molar-refractivity contribution < 1.29 is 8.78 Å². The van der Waals surface area contributed by atoms with Gasteiger partial charge in [-0.05, 0) is 49.3 Å². The number of nitrogens with two attached hydrogens (primary N) is 1. The van der Waals surface area contributed by atoms with Crippen molar-refractivity contribution in [3.05, 3.63) is 30.1 Å². The predicted octanol–water partition coefficient (Wildman–Crippen LogP) is 3.17. The Morgan fingerprint density at radius 1 is 1.39 bits per heavy atom. The van der Waals surface area contributed by atoms with Crippen LogP contribution in [0.15, 0.2) is 24.5 Å². The summed E-state index contributed by atoms with van der Waals surface area (Å²) in [6.07, 6.45) is 6.68. The first-order valence-electron chi connectivity index (χ1n) is 6.57. The minimum Gasteiger partial charge on any atom is -0.328 e. The molecule has 0 bridgehead atoms. The molecule has 0 spiro atoms. The van der Waals surface area contributed by atoms with Crippen molar-refractivity contribution in [2.24, 2.45) is 11.7 Å². The Kier molecular flexibility index (Phi) is 4.27. The Balaban J connectivity index is 1.71. The quantitative estimate of drug-likeness (QED) is 0.876. The zero-order chi connectivity index (χ0) is 13.0. The van der Waals surface area contributed by atoms with Gasteiger partial charge in [0.05, 0.1) is 0 Å². The molecule has 100 valence electrons. The molecule has 1 saturated carbocycles. The summed E-state index contributed by atoms with van der Waals surface area (Å²) in [5, 5.41) is 0. The molecule has 2 nitrogen and oxygen atoms in total. The molecule has 2 atom stereocenters. The number of hydrogen-bond donors (Lipinski definition) is 1. The number of rotatable bonds is 5. The third-order valence-electron chi connectivity index (χ3n) is 3.69. The first-order valence-corrected chi connectivity index (χ1v) is 6.57. The van der Waals surface area contributed by atoms with E-state index in [4.69, 9.17) is 5.73 Å². The largest absolute Gasteiger partial charge is 0.328 e. The fraction of sp³-hybridized carbons (Fsp3) is 0.643. The Bertz CT molecular complexity index is 367. The van der Waals surface area contributed by atoms with Crippen LogP contribution in [0.25, 0.3) is 0 Å². The summed E-state index contributed by atoms with van der Waals surface area (Å²) < 4.78 is 26.1. The van der Waals surface area contributed by atoms with Crippen molar-refractivity contribution in [1.82, 2.24) is 4.98 Å². The van der Waals surface area contributed by atoms with Crippen LogP contribution >= 0.6 is 0 Å². The Morgan fingerprint density at radius 2 is 2.11 bits per heavy atom. The second kappa shape index (κ2) is 5.74. The van der Waals surface area contributed by atoms with Gasteiger partial charge in [-0.1, -0.05) is 0 Å². The maximum Gasteiger partial charge on any atom is 0.248 e. The number of aryl methyl sites for hydroxylation is 1. The van der Waals surface area contributed by atoms with Gasteiger partial charge in [-0.3, -0.25) is 4.98 Å². The highest BCUT2D eigenvalue weighted by molar-refractivity contribution is 5.09. The van der Waals surface area contributed by atoms with Crippen molar-refractivity contribution in [2.75, 3.05) is 0 Å². The van der Waals surface area contributed by atoms with Gasteiger partial charge in [0.25, 0.3) is 0 Å². The summed E-state index contributed by atoms with van der Waals surface area (Å²) in [5.41, 5.74) is 7.24. The second-order valence-corrected chi connectivity index (χ2v) is 5.35. The van der Waals surface area contributed by atoms with Crippen molar-refractivity contribution >= 4 is 0 Å². The lowest BCUT2D eigenvalue weighted by Gasteiger charge is -2.16. The van der Waals surface area contributed by atoms with Crippen LogP contribution in [-0.4, -0.2) is 16.9 Å². The molecule has 1 aliphatic carbocycles. The van der Waals surface area contributed by atoms with Gasteiger partial charge < -0.3 is 5.73 Å². The first kappa shape index (κ1) is 13.4. The van der Waals surface area contributed by atoms with Gasteiger partial charge in [0.2, 0.25) is 5.92 Å². The number of hydrogen-bond acceptors (Lipinski definition) is 2. The molecule has 1 heterocycles. The van der Waals surface area contributed by atoms with Gasteiger partial charge in [0.15, 0.2) is 0 Å². The first-order chi connectivity index (χ1) is 8.55. The molecule has 2 rings (SSSR count). The summed E-state index contributed by atoms with van der Waals surface area (Å²) in [5.74, 6) is -2.34. The van der Waals surface area contributed by atoms with E-state index in [-0.39, 0.29) is 24.8 Å². The molecule has 0 radical (unpaired) electrons. The fourth-order valence-corrected chi connectivity index (χ4v) is 2.69. The van der Waals surface area contributed by atoms with Crippen LogP contribution in [0.2, 0.25) is 0 Å². The molecule has 2 unspecified atom stereocenters. The number of alkyl halides is 2. The summed E-state index contributed by atoms with van der Waals surface area (Å²) in [6.45, 7) is 0. The van der Waals surface area contributed by atoms with Gasteiger partial charge >= 0.3 is 0 Å². The molecular formula is C14H20F2N2. The highest BCUT2D eigenvalue weighted by atomic mass is 19.3. The molecule has 2 N–H and O–H groups in total. The van der Waals surface area contributed by atoms with E-state index in [2.05, 4.69) is 4.98 Å². The van der Waals surface area contributed by atoms with E-state index in [0.717, 1.165) is 19.3 Å². The van der Waals surface area contributed by atoms with E-state index in [1.807, 2.05) is 12.1 Å². The second-order valence-electron chi connectivity index (χ2n) is 5.35. The van der Waals surface area contributed by atoms with Crippen molar-refractivity contribution in [1.29, 1.82) is 0 Å². The van der Waals surface area contributed by atoms with Gasteiger partial charge in [-0.15, -0.1) is 0 Å². The van der Waals surface area contributed by atoms with Crippen LogP contribution in [-0.2, 0) is 6.42 Å². The summed E-state index contributed by atoms with van der Waals surface area (Å²) >= 11 is 0. The molecular weight excluding hydrogens is 234 g/mol. The summed E-state index contributed by atoms with van der Waals surface area (Å²) in [6, 6.07) is 3.96. The highest BCUT2D eigenvalue weighted by Gasteiger charge is 2.39. The van der Waals surface area contributed by atoms with Gasteiger partial charge in [0, 0.05) is 31.3 Å². The van der Waals surface area contributed by atoms with Gasteiger partial charge in [-0.25, -0.2) is 8.78 Å². The van der Waals surface area contributed by atoms with Crippen LogP contribution in [0, 0.1) is 5.92 Å². The third-order valence-corrected chi connectivity index (χ3v) is 3.69. The molecule has 0 saturated heterocycles. The Morgan fingerprint density at radius 3 is 2.72 bits per heavy atom. The monoisotopic (exact) mass is 254 g/mol. The Hall–Kier alpha value is -1.03. The lowest BCUT2D eigenvalue weighted by molar-refractivity contribution is 0.00445. The fourth-order valence-electron chi connectivity index (χ4n) is 2.69. The van der Waals surface area contributed by atoms with Gasteiger partial charge in [-0.2, -0.15) is 0 Å². The van der Waals surface area contributed by atoms with E-state index in [1.54, 1.807) is 12.4 Å². The minimum atomic E-state index is -2.45. The SMILES string of the molecule is NC(CCc1ccncc1)CC1CCC(F)(F)C1. The molecule has 0 amide bonds. The molecule has 0 aliphatic heterocycles. The van der Waals surface area contributed by atoms with Crippen LogP contribution in [0.4, 0.5) is 8.78 Å². The molecule has 4 heteroatoms. The van der Waals surface area contributed by atoms with Gasteiger partial charge in [0.1, 0.15) is 0 Å². The average molecular weight is 254 g/mol. The molecule has 1 fully saturated rings. The third kappa shape index (κ3) is 4.02. The number of pyridine rings is 1. The number of aromatic nitrogens is 1. The lowest BCUT2D eigenvalue weighted by atomic mass is 9.95. The van der Waals surface area contributed by atoms with Crippen LogP contribution in [0.1, 0.15) is 37.7 Å². The zero-order valence-electron chi connectivity index (χ0n) is 10.5. The smallest absolute Gasteiger partial charge is 0.248 e. The average Bonchev–Trinajstić information content (AvgIpc) is 2.67. The normalized spacial score (nSPS) is 24.1. The predicted molar refractivity (Wildman–Crippen MR) is 67.4 cm³/mol. The molecule has 0 aromatic carbocycles. The van der Waals surface area contributed by atoms with Crippen molar-refractivity contribution in [2.45, 2.75) is 50.5 Å². The Labute approximate surface area is 107 Å². The van der Waals surface area contributed by atoms with E-state index in [0.29, 0.717) is 6.42 Å². The highest BCUT2D eigenvalue weighted by Crippen LogP contribution is 2.40. The maximum atomic E-state index is 13.0. The topological polar surface area (TPSA) is 38.9 Å². The number of nitrogens with zero attached hydrogens (tertiary/aromatic N) is 1. The van der Waals surface area contributed by atoms with E-state index in [9.17, 15) is 8.78 Å². The van der Waals surface area contributed by atoms with E-state index >= 15 is 0 Å².